The van der Waals surface area contributed by atoms with Crippen molar-refractivity contribution >= 4 is 5.91 Å². The molecule has 0 aromatic carbocycles. The van der Waals surface area contributed by atoms with Crippen LogP contribution in [0.3, 0.4) is 0 Å². The van der Waals surface area contributed by atoms with Crippen LogP contribution in [0.15, 0.2) is 18.0 Å². The molecule has 0 radical (unpaired) electrons. The molecule has 0 spiro atoms. The van der Waals surface area contributed by atoms with Crippen molar-refractivity contribution in [3.8, 4) is 0 Å². The minimum absolute atomic E-state index is 0.134. The number of hydrogen-bond acceptors (Lipinski definition) is 3. The third kappa shape index (κ3) is 2.88. The quantitative estimate of drug-likeness (QED) is 0.772. The number of carbonyl (C=O) groups excluding carboxylic acids is 1. The lowest BCUT2D eigenvalue weighted by molar-refractivity contribution is -0.133. The second-order valence-corrected chi connectivity index (χ2v) is 6.98. The Kier molecular flexibility index (Phi) is 3.61. The van der Waals surface area contributed by atoms with Gasteiger partial charge in [0.05, 0.1) is 23.8 Å². The van der Waals surface area contributed by atoms with E-state index in [9.17, 15) is 4.79 Å². The van der Waals surface area contributed by atoms with Gasteiger partial charge in [-0.15, -0.1) is 0 Å². The molecule has 0 aliphatic carbocycles. The van der Waals surface area contributed by atoms with E-state index in [4.69, 9.17) is 0 Å². The van der Waals surface area contributed by atoms with Gasteiger partial charge >= 0.3 is 0 Å². The zero-order valence-corrected chi connectivity index (χ0v) is 13.1. The smallest absolute Gasteiger partial charge is 0.240 e. The molecule has 0 saturated carbocycles. The molecule has 1 atom stereocenters. The summed E-state index contributed by atoms with van der Waals surface area (Å²) in [5.74, 6) is 0.202. The molecule has 0 saturated heterocycles. The number of carbonyl (C=O) groups is 1. The average molecular weight is 288 g/mol. The molecule has 5 heteroatoms. The maximum absolute atomic E-state index is 12.6. The van der Waals surface area contributed by atoms with E-state index in [2.05, 4.69) is 42.1 Å². The van der Waals surface area contributed by atoms with Crippen molar-refractivity contribution < 1.29 is 4.79 Å². The van der Waals surface area contributed by atoms with Gasteiger partial charge in [0.2, 0.25) is 5.91 Å². The highest BCUT2D eigenvalue weighted by molar-refractivity contribution is 5.82. The topological polar surface area (TPSA) is 61.0 Å². The number of hydrogen-bond donors (Lipinski definition) is 2. The number of fused-ring (bicyclic) bond motifs is 1. The van der Waals surface area contributed by atoms with Crippen molar-refractivity contribution in [3.05, 3.63) is 29.4 Å². The van der Waals surface area contributed by atoms with E-state index in [1.807, 2.05) is 4.90 Å². The number of nitrogens with one attached hydrogen (secondary N) is 2. The lowest BCUT2D eigenvalue weighted by Gasteiger charge is -2.34. The van der Waals surface area contributed by atoms with Crippen LogP contribution in [0.4, 0.5) is 0 Å². The maximum atomic E-state index is 12.6. The molecule has 3 rings (SSSR count). The number of aromatic nitrogens is 2. The summed E-state index contributed by atoms with van der Waals surface area (Å²) in [7, 11) is 0. The number of amides is 1. The number of rotatable bonds is 1. The average Bonchev–Trinajstić information content (AvgIpc) is 2.93. The van der Waals surface area contributed by atoms with Gasteiger partial charge in [0.25, 0.3) is 0 Å². The van der Waals surface area contributed by atoms with E-state index in [1.165, 1.54) is 5.57 Å². The lowest BCUT2D eigenvalue weighted by atomic mass is 9.83. The zero-order valence-electron chi connectivity index (χ0n) is 13.1. The second kappa shape index (κ2) is 5.30. The molecule has 1 amide bonds. The molecule has 5 nitrogen and oxygen atoms in total. The van der Waals surface area contributed by atoms with Gasteiger partial charge in [-0.05, 0) is 11.8 Å². The van der Waals surface area contributed by atoms with Crippen molar-refractivity contribution in [2.24, 2.45) is 5.41 Å². The first-order chi connectivity index (χ1) is 9.95. The van der Waals surface area contributed by atoms with Crippen LogP contribution in [0.1, 0.15) is 38.6 Å². The van der Waals surface area contributed by atoms with Crippen LogP contribution in [0.5, 0.6) is 0 Å². The van der Waals surface area contributed by atoms with Crippen molar-refractivity contribution in [1.82, 2.24) is 20.2 Å². The van der Waals surface area contributed by atoms with Crippen molar-refractivity contribution in [3.63, 3.8) is 0 Å². The van der Waals surface area contributed by atoms with Crippen LogP contribution in [-0.4, -0.2) is 39.9 Å². The molecule has 1 aromatic rings. The van der Waals surface area contributed by atoms with Crippen molar-refractivity contribution in [2.45, 2.75) is 46.2 Å². The van der Waals surface area contributed by atoms with Gasteiger partial charge in [-0.3, -0.25) is 10.1 Å². The van der Waals surface area contributed by atoms with Gasteiger partial charge in [-0.25, -0.2) is 4.98 Å². The van der Waals surface area contributed by atoms with E-state index < -0.39 is 0 Å². The minimum Gasteiger partial charge on any atom is -0.347 e. The Balaban J connectivity index is 1.64. The van der Waals surface area contributed by atoms with Gasteiger partial charge < -0.3 is 9.88 Å². The van der Waals surface area contributed by atoms with E-state index in [-0.39, 0.29) is 17.4 Å². The SMILES string of the molecule is CC(C)(C)C1=CCN(C(=O)C2Cc3nc[nH]c3CN2)CC1. The standard InChI is InChI=1S/C16H24N4O/c1-16(2,3)11-4-6-20(7-5-11)15(21)13-8-12-14(9-17-13)19-10-18-12/h4,10,13,17H,5-9H2,1-3H3,(H,18,19). The molecule has 2 N–H and O–H groups in total. The number of nitrogens with zero attached hydrogens (tertiary/aromatic N) is 2. The third-order valence-corrected chi connectivity index (χ3v) is 4.51. The molecule has 2 aliphatic rings. The zero-order chi connectivity index (χ0) is 15.0. The fourth-order valence-electron chi connectivity index (χ4n) is 3.11. The van der Waals surface area contributed by atoms with E-state index in [0.29, 0.717) is 13.0 Å². The number of imidazole rings is 1. The minimum atomic E-state index is -0.134. The summed E-state index contributed by atoms with van der Waals surface area (Å²) in [4.78, 5) is 22.0. The third-order valence-electron chi connectivity index (χ3n) is 4.51. The molecular weight excluding hydrogens is 264 g/mol. The molecule has 3 heterocycles. The molecular formula is C16H24N4O. The second-order valence-electron chi connectivity index (χ2n) is 6.98. The highest BCUT2D eigenvalue weighted by Crippen LogP contribution is 2.30. The number of H-pyrrole nitrogens is 1. The molecule has 2 aliphatic heterocycles. The van der Waals surface area contributed by atoms with Crippen LogP contribution >= 0.6 is 0 Å². The van der Waals surface area contributed by atoms with Crippen LogP contribution in [0.25, 0.3) is 0 Å². The number of aromatic amines is 1. The Labute approximate surface area is 125 Å². The molecule has 1 aromatic heterocycles. The first-order valence-electron chi connectivity index (χ1n) is 7.68. The van der Waals surface area contributed by atoms with Gasteiger partial charge in [0, 0.05) is 26.1 Å². The summed E-state index contributed by atoms with van der Waals surface area (Å²) in [5.41, 5.74) is 3.79. The largest absolute Gasteiger partial charge is 0.347 e. The van der Waals surface area contributed by atoms with Gasteiger partial charge in [-0.1, -0.05) is 32.4 Å². The summed E-state index contributed by atoms with van der Waals surface area (Å²) in [6.07, 6.45) is 5.60. The summed E-state index contributed by atoms with van der Waals surface area (Å²) in [6, 6.07) is -0.134. The van der Waals surface area contributed by atoms with Crippen LogP contribution in [-0.2, 0) is 17.8 Å². The molecule has 21 heavy (non-hydrogen) atoms. The fourth-order valence-corrected chi connectivity index (χ4v) is 3.11. The Bertz CT molecular complexity index is 567. The van der Waals surface area contributed by atoms with E-state index in [0.717, 1.165) is 30.9 Å². The van der Waals surface area contributed by atoms with Crippen LogP contribution in [0, 0.1) is 5.41 Å². The predicted octanol–water partition coefficient (Wildman–Crippen LogP) is 1.63. The lowest BCUT2D eigenvalue weighted by Crippen LogP contribution is -2.50. The Morgan fingerprint density at radius 2 is 2.24 bits per heavy atom. The normalized spacial score (nSPS) is 22.7. The van der Waals surface area contributed by atoms with E-state index >= 15 is 0 Å². The Hall–Kier alpha value is -1.62. The fraction of sp³-hybridized carbons (Fsp3) is 0.625. The maximum Gasteiger partial charge on any atom is 0.240 e. The summed E-state index contributed by atoms with van der Waals surface area (Å²) < 4.78 is 0. The van der Waals surface area contributed by atoms with Gasteiger partial charge in [-0.2, -0.15) is 0 Å². The molecule has 0 fully saturated rings. The Morgan fingerprint density at radius 1 is 1.43 bits per heavy atom. The van der Waals surface area contributed by atoms with Gasteiger partial charge in [0.1, 0.15) is 0 Å². The van der Waals surface area contributed by atoms with Gasteiger partial charge in [0.15, 0.2) is 0 Å². The summed E-state index contributed by atoms with van der Waals surface area (Å²) in [6.45, 7) is 8.96. The monoisotopic (exact) mass is 288 g/mol. The first kappa shape index (κ1) is 14.3. The van der Waals surface area contributed by atoms with Crippen molar-refractivity contribution in [1.29, 1.82) is 0 Å². The van der Waals surface area contributed by atoms with Crippen molar-refractivity contribution in [2.75, 3.05) is 13.1 Å². The highest BCUT2D eigenvalue weighted by Gasteiger charge is 2.31. The molecule has 114 valence electrons. The first-order valence-corrected chi connectivity index (χ1v) is 7.68. The summed E-state index contributed by atoms with van der Waals surface area (Å²) in [5, 5.41) is 3.32. The predicted molar refractivity (Wildman–Crippen MR) is 81.7 cm³/mol. The van der Waals surface area contributed by atoms with Crippen LogP contribution < -0.4 is 5.32 Å². The summed E-state index contributed by atoms with van der Waals surface area (Å²) >= 11 is 0. The highest BCUT2D eigenvalue weighted by atomic mass is 16.2. The van der Waals surface area contributed by atoms with Crippen LogP contribution in [0.2, 0.25) is 0 Å². The molecule has 1 unspecified atom stereocenters. The Morgan fingerprint density at radius 3 is 2.90 bits per heavy atom. The molecule has 0 bridgehead atoms. The van der Waals surface area contributed by atoms with E-state index in [1.54, 1.807) is 6.33 Å².